The number of likely N-dealkylation sites (tertiary alicyclic amines) is 4. The lowest BCUT2D eigenvalue weighted by Crippen LogP contribution is -2.62. The van der Waals surface area contributed by atoms with Crippen LogP contribution in [-0.4, -0.2) is 314 Å². The molecular formula is C77H106N20O25S. The molecule has 16 atom stereocenters. The summed E-state index contributed by atoms with van der Waals surface area (Å²) in [4.78, 5) is 270. The molecule has 4 aliphatic heterocycles. The van der Waals surface area contributed by atoms with Gasteiger partial charge in [0.15, 0.2) is 5.96 Å². The van der Waals surface area contributed by atoms with Crippen LogP contribution in [0.4, 0.5) is 0 Å². The zero-order valence-electron chi connectivity index (χ0n) is 67.4. The van der Waals surface area contributed by atoms with Crippen molar-refractivity contribution >= 4 is 131 Å². The number of guanidine groups is 1. The summed E-state index contributed by atoms with van der Waals surface area (Å²) in [5.74, 6) is -22.5. The number of H-pyrrole nitrogens is 1. The summed E-state index contributed by atoms with van der Waals surface area (Å²) < 4.78 is 0. The molecule has 123 heavy (non-hydrogen) atoms. The number of rotatable bonds is 46. The van der Waals surface area contributed by atoms with Crippen LogP contribution < -0.4 is 70.0 Å². The lowest BCUT2D eigenvalue weighted by molar-refractivity contribution is -0.148. The fourth-order valence-electron chi connectivity index (χ4n) is 14.7. The highest BCUT2D eigenvalue weighted by atomic mass is 32.1. The highest BCUT2D eigenvalue weighted by Gasteiger charge is 2.47. The standard InChI is InChI=1S/C77H106N20O25S/c1-39(72(117)94-26-10-19-53(94)68(113)89-49(33-58(101)102)67(112)85-45(18-9-25-82-77(79)80)64(109)91-51(76(121)122)35-60(105)106)84-63(108)46(23-24-57(99)100)86-71(116)61(40(2)98)93-70(115)55-21-12-28-96(55)75(120)56-22-13-29-97(56)74(119)52(37-123)92-66(111)47(30-41-14-5-3-6-15-41)87-65(110)48(31-42-16-7-4-8-17-42)88-69(114)54-20-11-27-95(54)73(118)50(34-59(103)104)90-62(107)44(78)32-43-36-81-38-83-43/h3-8,14-17,36,38-40,44-56,61,98,123H,9-13,18-35,37,78H2,1-2H3,(H,81,83)(H,84,108)(H,85,112)(H,86,116)(H,87,110)(H,88,114)(H,89,113)(H,90,107)(H,91,109)(H,92,111)(H,93,115)(H,99,100)(H,101,102)(H,103,104)(H,105,106)(H,121,122)(H4,79,80,82)/t39-,40+,44-,45-,46-,47-,48-,49-,50-,51-,52-,53-,54-,55-,56-,61-/m0/s1. The Kier molecular flexibility index (Phi) is 37.0. The van der Waals surface area contributed by atoms with Gasteiger partial charge in [0, 0.05) is 70.4 Å². The third-order valence-electron chi connectivity index (χ3n) is 21.0. The maximum Gasteiger partial charge on any atom is 0.326 e. The molecule has 4 fully saturated rings. The third-order valence-corrected chi connectivity index (χ3v) is 21.3. The first-order chi connectivity index (χ1) is 58.3. The van der Waals surface area contributed by atoms with E-state index in [4.69, 9.17) is 16.9 Å². The summed E-state index contributed by atoms with van der Waals surface area (Å²) in [6, 6.07) is -6.65. The summed E-state index contributed by atoms with van der Waals surface area (Å²) in [5, 5.41) is 93.1. The van der Waals surface area contributed by atoms with Crippen LogP contribution in [0.3, 0.4) is 0 Å². The van der Waals surface area contributed by atoms with E-state index >= 15 is 0 Å². The smallest absolute Gasteiger partial charge is 0.326 e. The number of carboxylic acid groups (broad SMARTS) is 5. The van der Waals surface area contributed by atoms with Crippen molar-refractivity contribution in [2.75, 3.05) is 38.5 Å². The molecule has 4 aliphatic rings. The summed E-state index contributed by atoms with van der Waals surface area (Å²) in [5.41, 5.74) is 12.9. The maximum absolute atomic E-state index is 14.8. The highest BCUT2D eigenvalue weighted by Crippen LogP contribution is 2.28. The summed E-state index contributed by atoms with van der Waals surface area (Å²) >= 11 is 4.43. The topological polar surface area (TPSA) is 696 Å². The van der Waals surface area contributed by atoms with Gasteiger partial charge in [-0.15, -0.1) is 0 Å². The van der Waals surface area contributed by atoms with Gasteiger partial charge >= 0.3 is 29.8 Å². The molecule has 0 spiro atoms. The quantitative estimate of drug-likeness (QED) is 0.0108. The fraction of sp³-hybridized carbons (Fsp3) is 0.545. The van der Waals surface area contributed by atoms with Gasteiger partial charge in [0.05, 0.1) is 43.4 Å². The van der Waals surface area contributed by atoms with Crippen molar-refractivity contribution in [2.45, 2.75) is 226 Å². The largest absolute Gasteiger partial charge is 0.481 e. The number of carbonyl (C=O) groups is 19. The van der Waals surface area contributed by atoms with E-state index < -0.39 is 247 Å². The number of nitrogens with one attached hydrogen (secondary N) is 13. The zero-order valence-corrected chi connectivity index (χ0v) is 68.3. The molecule has 14 amide bonds. The average molecular weight is 1740 g/mol. The molecule has 0 saturated carbocycles. The summed E-state index contributed by atoms with van der Waals surface area (Å²) in [6.07, 6.45) is -3.20. The van der Waals surface area contributed by atoms with Crippen molar-refractivity contribution in [2.24, 2.45) is 11.5 Å². The van der Waals surface area contributed by atoms with E-state index in [1.165, 1.54) is 29.2 Å². The Morgan fingerprint density at radius 1 is 0.480 bits per heavy atom. The van der Waals surface area contributed by atoms with E-state index in [0.717, 1.165) is 16.7 Å². The molecule has 5 heterocycles. The van der Waals surface area contributed by atoms with Gasteiger partial charge in [0.25, 0.3) is 0 Å². The molecule has 0 radical (unpaired) electrons. The van der Waals surface area contributed by atoms with Crippen molar-refractivity contribution in [3.8, 4) is 0 Å². The number of hydrogen-bond acceptors (Lipinski definition) is 24. The Morgan fingerprint density at radius 2 is 0.894 bits per heavy atom. The van der Waals surface area contributed by atoms with Gasteiger partial charge in [-0.05, 0) is 95.6 Å². The molecule has 670 valence electrons. The van der Waals surface area contributed by atoms with E-state index in [9.17, 15) is 122 Å². The Labute approximate surface area is 709 Å². The van der Waals surface area contributed by atoms with Crippen LogP contribution in [-0.2, 0) is 110 Å². The number of thiol groups is 1. The Morgan fingerprint density at radius 3 is 1.41 bits per heavy atom. The second-order valence-electron chi connectivity index (χ2n) is 30.2. The molecular weight excluding hydrogens is 1640 g/mol. The lowest BCUT2D eigenvalue weighted by atomic mass is 10.0. The number of aliphatic hydroxyl groups excluding tert-OH is 1. The van der Waals surface area contributed by atoms with Gasteiger partial charge in [-0.2, -0.15) is 12.6 Å². The maximum atomic E-state index is 14.8. The normalized spacial score (nSPS) is 19.0. The number of aliphatic carboxylic acids is 5. The van der Waals surface area contributed by atoms with Crippen molar-refractivity contribution in [3.05, 3.63) is 90.0 Å². The number of hydrogen-bond donors (Lipinski definition) is 22. The van der Waals surface area contributed by atoms with Crippen LogP contribution >= 0.6 is 12.6 Å². The first-order valence-electron chi connectivity index (χ1n) is 39.9. The number of carbonyl (C=O) groups excluding carboxylic acids is 14. The molecule has 3 aromatic rings. The number of aliphatic hydroxyl groups is 1. The molecule has 23 N–H and O–H groups in total. The van der Waals surface area contributed by atoms with Gasteiger partial charge in [0.2, 0.25) is 82.7 Å². The minimum absolute atomic E-state index is 0.00105. The second kappa shape index (κ2) is 46.8. The van der Waals surface area contributed by atoms with E-state index in [-0.39, 0.29) is 122 Å². The molecule has 0 bridgehead atoms. The number of imidazole rings is 1. The Bertz CT molecular complexity index is 4340. The van der Waals surface area contributed by atoms with Crippen LogP contribution in [0.1, 0.15) is 127 Å². The average Bonchev–Trinajstić information content (AvgIpc) is 1.64. The molecule has 46 heteroatoms. The predicted molar refractivity (Wildman–Crippen MR) is 430 cm³/mol. The van der Waals surface area contributed by atoms with Crippen LogP contribution in [0.25, 0.3) is 0 Å². The van der Waals surface area contributed by atoms with Gasteiger partial charge in [-0.1, -0.05) is 60.7 Å². The van der Waals surface area contributed by atoms with Crippen molar-refractivity contribution in [1.29, 1.82) is 5.41 Å². The van der Waals surface area contributed by atoms with Crippen LogP contribution in [0, 0.1) is 5.41 Å². The van der Waals surface area contributed by atoms with E-state index in [2.05, 4.69) is 75.8 Å². The van der Waals surface area contributed by atoms with E-state index in [1.807, 2.05) is 5.32 Å². The molecule has 0 aliphatic carbocycles. The predicted octanol–water partition coefficient (Wildman–Crippen LogP) is -6.46. The van der Waals surface area contributed by atoms with Gasteiger partial charge < -0.3 is 125 Å². The number of carboxylic acids is 5. The SMILES string of the molecule is C[C@H](NC(=O)[C@H](CCC(=O)O)NC(=O)[C@@H](NC(=O)[C@@H]1CCCN1C(=O)[C@@H]1CCCN1C(=O)[C@H](CS)NC(=O)[C@H](Cc1ccccc1)NC(=O)[C@H](Cc1ccccc1)NC(=O)[C@@H]1CCCN1C(=O)[C@H](CC(=O)O)NC(=O)[C@@H](N)Cc1c[nH]cn1)[C@@H](C)O)C(=O)N1CCC[C@H]1C(=O)N[C@@H](CC(=O)O)C(=O)N[C@@H](CCCNC(=N)N)C(=O)N[C@@H](CC(=O)O)C(=O)O. The number of nitrogens with two attached hydrogens (primary N) is 2. The summed E-state index contributed by atoms with van der Waals surface area (Å²) in [6.45, 7) is 1.96. The first-order valence-corrected chi connectivity index (χ1v) is 40.5. The second-order valence-corrected chi connectivity index (χ2v) is 30.6. The monoisotopic (exact) mass is 1740 g/mol. The van der Waals surface area contributed by atoms with Crippen LogP contribution in [0.5, 0.6) is 0 Å². The number of benzene rings is 2. The summed E-state index contributed by atoms with van der Waals surface area (Å²) in [7, 11) is 0. The molecule has 4 saturated heterocycles. The lowest BCUT2D eigenvalue weighted by Gasteiger charge is -2.33. The van der Waals surface area contributed by atoms with Crippen molar-refractivity contribution < 1.29 is 122 Å². The van der Waals surface area contributed by atoms with E-state index in [1.54, 1.807) is 60.7 Å². The van der Waals surface area contributed by atoms with E-state index in [0.29, 0.717) is 16.8 Å². The Hall–Kier alpha value is -12.9. The molecule has 7 rings (SSSR count). The Balaban J connectivity index is 0.992. The zero-order chi connectivity index (χ0) is 90.5. The number of aromatic amines is 1. The van der Waals surface area contributed by atoms with Gasteiger partial charge in [0.1, 0.15) is 84.6 Å². The van der Waals surface area contributed by atoms with Crippen molar-refractivity contribution in [1.82, 2.24) is 88.1 Å². The number of nitrogens with zero attached hydrogens (tertiary/aromatic N) is 5. The molecule has 45 nitrogen and oxygen atoms in total. The van der Waals surface area contributed by atoms with Gasteiger partial charge in [-0.3, -0.25) is 91.7 Å². The van der Waals surface area contributed by atoms with Crippen molar-refractivity contribution in [3.63, 3.8) is 0 Å². The van der Waals surface area contributed by atoms with Crippen LogP contribution in [0.2, 0.25) is 0 Å². The highest BCUT2D eigenvalue weighted by molar-refractivity contribution is 7.80. The molecule has 1 aromatic heterocycles. The molecule has 2 aromatic carbocycles. The first kappa shape index (κ1) is 97.2. The minimum Gasteiger partial charge on any atom is -0.481 e. The number of aromatic nitrogens is 2. The molecule has 0 unspecified atom stereocenters. The fourth-order valence-corrected chi connectivity index (χ4v) is 15.0. The third kappa shape index (κ3) is 28.9. The minimum atomic E-state index is -1.99. The van der Waals surface area contributed by atoms with Gasteiger partial charge in [-0.25, -0.2) is 9.78 Å². The number of amides is 14. The van der Waals surface area contributed by atoms with Crippen LogP contribution in [0.15, 0.2) is 73.2 Å².